The van der Waals surface area contributed by atoms with Gasteiger partial charge in [-0.3, -0.25) is 4.98 Å². The fraction of sp³-hybridized carbons (Fsp3) is 0.273. The Morgan fingerprint density at radius 2 is 2.27 bits per heavy atom. The van der Waals surface area contributed by atoms with Crippen LogP contribution in [0.5, 0.6) is 0 Å². The molecule has 2 aromatic rings. The second kappa shape index (κ2) is 4.23. The minimum Gasteiger partial charge on any atom is -0.330 e. The van der Waals surface area contributed by atoms with E-state index in [1.54, 1.807) is 6.20 Å². The average Bonchev–Trinajstić information content (AvgIpc) is 2.63. The molecule has 0 bridgehead atoms. The molecule has 0 amide bonds. The monoisotopic (exact) mass is 202 g/mol. The minimum atomic E-state index is 0.823. The third-order valence-corrected chi connectivity index (χ3v) is 2.36. The van der Waals surface area contributed by atoms with Crippen LogP contribution in [-0.4, -0.2) is 21.6 Å². The Morgan fingerprint density at radius 1 is 1.40 bits per heavy atom. The SMILES string of the molecule is CNCc1cnc(-c2cccnc2)n1C. The summed E-state index contributed by atoms with van der Waals surface area (Å²) in [5, 5.41) is 3.11. The lowest BCUT2D eigenvalue weighted by molar-refractivity contribution is 0.737. The molecule has 0 saturated heterocycles. The van der Waals surface area contributed by atoms with Crippen molar-refractivity contribution in [1.29, 1.82) is 0 Å². The summed E-state index contributed by atoms with van der Waals surface area (Å²) in [6.07, 6.45) is 5.48. The number of nitrogens with one attached hydrogen (secondary N) is 1. The molecule has 0 unspecified atom stereocenters. The predicted octanol–water partition coefficient (Wildman–Crippen LogP) is 1.20. The van der Waals surface area contributed by atoms with Gasteiger partial charge in [-0.15, -0.1) is 0 Å². The summed E-state index contributed by atoms with van der Waals surface area (Å²) in [5.41, 5.74) is 2.21. The van der Waals surface area contributed by atoms with Crippen LogP contribution in [0.25, 0.3) is 11.4 Å². The van der Waals surface area contributed by atoms with E-state index >= 15 is 0 Å². The Kier molecular flexibility index (Phi) is 2.78. The zero-order valence-electron chi connectivity index (χ0n) is 8.94. The van der Waals surface area contributed by atoms with Gasteiger partial charge < -0.3 is 9.88 Å². The van der Waals surface area contributed by atoms with Crippen molar-refractivity contribution >= 4 is 0 Å². The third kappa shape index (κ3) is 1.89. The van der Waals surface area contributed by atoms with E-state index in [1.807, 2.05) is 38.6 Å². The third-order valence-electron chi connectivity index (χ3n) is 2.36. The fourth-order valence-corrected chi connectivity index (χ4v) is 1.55. The van der Waals surface area contributed by atoms with E-state index in [4.69, 9.17) is 0 Å². The van der Waals surface area contributed by atoms with E-state index in [1.165, 1.54) is 0 Å². The molecule has 15 heavy (non-hydrogen) atoms. The Balaban J connectivity index is 2.38. The lowest BCUT2D eigenvalue weighted by Gasteiger charge is -2.04. The first-order chi connectivity index (χ1) is 7.33. The number of aromatic nitrogens is 3. The van der Waals surface area contributed by atoms with Crippen molar-refractivity contribution in [2.24, 2.45) is 7.05 Å². The highest BCUT2D eigenvalue weighted by Gasteiger charge is 2.07. The predicted molar refractivity (Wildman–Crippen MR) is 59.2 cm³/mol. The molecule has 0 aliphatic carbocycles. The first-order valence-electron chi connectivity index (χ1n) is 4.88. The molecule has 0 aliphatic heterocycles. The lowest BCUT2D eigenvalue weighted by atomic mass is 10.3. The standard InChI is InChI=1S/C11H14N4/c1-12-7-10-8-14-11(15(10)2)9-4-3-5-13-6-9/h3-6,8,12H,7H2,1-2H3. The van der Waals surface area contributed by atoms with Crippen LogP contribution in [0.3, 0.4) is 0 Å². The van der Waals surface area contributed by atoms with Gasteiger partial charge in [0.1, 0.15) is 5.82 Å². The molecule has 78 valence electrons. The van der Waals surface area contributed by atoms with Gasteiger partial charge in [0, 0.05) is 31.5 Å². The molecule has 0 spiro atoms. The highest BCUT2D eigenvalue weighted by Crippen LogP contribution is 2.16. The van der Waals surface area contributed by atoms with Gasteiger partial charge >= 0.3 is 0 Å². The van der Waals surface area contributed by atoms with Crippen LogP contribution in [0.1, 0.15) is 5.69 Å². The molecule has 2 aromatic heterocycles. The first kappa shape index (κ1) is 9.86. The maximum Gasteiger partial charge on any atom is 0.141 e. The molecule has 4 heteroatoms. The van der Waals surface area contributed by atoms with Gasteiger partial charge in [0.25, 0.3) is 0 Å². The molecular weight excluding hydrogens is 188 g/mol. The van der Waals surface area contributed by atoms with Crippen LogP contribution in [0.4, 0.5) is 0 Å². The molecule has 0 fully saturated rings. The van der Waals surface area contributed by atoms with Gasteiger partial charge in [0.15, 0.2) is 0 Å². The first-order valence-corrected chi connectivity index (χ1v) is 4.88. The summed E-state index contributed by atoms with van der Waals surface area (Å²) >= 11 is 0. The molecule has 0 aliphatic rings. The molecule has 4 nitrogen and oxygen atoms in total. The van der Waals surface area contributed by atoms with Gasteiger partial charge in [-0.2, -0.15) is 0 Å². The van der Waals surface area contributed by atoms with Gasteiger partial charge in [0.2, 0.25) is 0 Å². The van der Waals surface area contributed by atoms with E-state index in [-0.39, 0.29) is 0 Å². The maximum atomic E-state index is 4.39. The molecule has 0 atom stereocenters. The van der Waals surface area contributed by atoms with Crippen LogP contribution in [0.2, 0.25) is 0 Å². The summed E-state index contributed by atoms with van der Waals surface area (Å²) in [4.78, 5) is 8.48. The van der Waals surface area contributed by atoms with Gasteiger partial charge in [-0.05, 0) is 19.2 Å². The smallest absolute Gasteiger partial charge is 0.141 e. The zero-order valence-corrected chi connectivity index (χ0v) is 8.94. The van der Waals surface area contributed by atoms with Crippen molar-refractivity contribution in [2.75, 3.05) is 7.05 Å². The van der Waals surface area contributed by atoms with Crippen LogP contribution in [0, 0.1) is 0 Å². The number of hydrogen-bond acceptors (Lipinski definition) is 3. The molecule has 1 N–H and O–H groups in total. The van der Waals surface area contributed by atoms with Crippen molar-refractivity contribution in [3.05, 3.63) is 36.4 Å². The number of imidazole rings is 1. The van der Waals surface area contributed by atoms with Crippen LogP contribution < -0.4 is 5.32 Å². The maximum absolute atomic E-state index is 4.39. The Labute approximate surface area is 89.0 Å². The van der Waals surface area contributed by atoms with Crippen molar-refractivity contribution in [2.45, 2.75) is 6.54 Å². The second-order valence-electron chi connectivity index (χ2n) is 3.40. The molecule has 0 radical (unpaired) electrons. The van der Waals surface area contributed by atoms with Crippen molar-refractivity contribution in [1.82, 2.24) is 19.9 Å². The normalized spacial score (nSPS) is 10.5. The highest BCUT2D eigenvalue weighted by molar-refractivity contribution is 5.54. The quantitative estimate of drug-likeness (QED) is 0.813. The van der Waals surface area contributed by atoms with Crippen LogP contribution >= 0.6 is 0 Å². The topological polar surface area (TPSA) is 42.7 Å². The van der Waals surface area contributed by atoms with Crippen molar-refractivity contribution in [3.8, 4) is 11.4 Å². The summed E-state index contributed by atoms with van der Waals surface area (Å²) in [5.74, 6) is 0.952. The summed E-state index contributed by atoms with van der Waals surface area (Å²) < 4.78 is 2.08. The minimum absolute atomic E-state index is 0.823. The Hall–Kier alpha value is -1.68. The highest BCUT2D eigenvalue weighted by atomic mass is 15.1. The summed E-state index contributed by atoms with van der Waals surface area (Å²) in [6.45, 7) is 0.823. The molecule has 2 heterocycles. The average molecular weight is 202 g/mol. The number of nitrogens with zero attached hydrogens (tertiary/aromatic N) is 3. The molecule has 2 rings (SSSR count). The Bertz CT molecular complexity index is 433. The summed E-state index contributed by atoms with van der Waals surface area (Å²) in [6, 6.07) is 3.93. The van der Waals surface area contributed by atoms with Crippen molar-refractivity contribution < 1.29 is 0 Å². The van der Waals surface area contributed by atoms with Gasteiger partial charge in [-0.25, -0.2) is 4.98 Å². The molecular formula is C11H14N4. The van der Waals surface area contributed by atoms with Gasteiger partial charge in [-0.1, -0.05) is 0 Å². The molecule has 0 saturated carbocycles. The molecule has 0 aromatic carbocycles. The van der Waals surface area contributed by atoms with Crippen LogP contribution in [0.15, 0.2) is 30.7 Å². The lowest BCUT2D eigenvalue weighted by Crippen LogP contribution is -2.09. The number of pyridine rings is 1. The largest absolute Gasteiger partial charge is 0.330 e. The van der Waals surface area contributed by atoms with Crippen LogP contribution in [-0.2, 0) is 13.6 Å². The fourth-order valence-electron chi connectivity index (χ4n) is 1.55. The number of hydrogen-bond donors (Lipinski definition) is 1. The Morgan fingerprint density at radius 3 is 2.93 bits per heavy atom. The van der Waals surface area contributed by atoms with E-state index in [0.717, 1.165) is 23.6 Å². The zero-order chi connectivity index (χ0) is 10.7. The summed E-state index contributed by atoms with van der Waals surface area (Å²) in [7, 11) is 3.94. The van der Waals surface area contributed by atoms with E-state index in [9.17, 15) is 0 Å². The van der Waals surface area contributed by atoms with E-state index in [0.29, 0.717) is 0 Å². The van der Waals surface area contributed by atoms with Crippen molar-refractivity contribution in [3.63, 3.8) is 0 Å². The second-order valence-corrected chi connectivity index (χ2v) is 3.40. The van der Waals surface area contributed by atoms with E-state index in [2.05, 4.69) is 19.9 Å². The number of rotatable bonds is 3. The van der Waals surface area contributed by atoms with Gasteiger partial charge in [0.05, 0.1) is 11.9 Å². The van der Waals surface area contributed by atoms with E-state index < -0.39 is 0 Å².